The Kier molecular flexibility index (Phi) is 3.72. The summed E-state index contributed by atoms with van der Waals surface area (Å²) in [5.74, 6) is 0.884. The van der Waals surface area contributed by atoms with Crippen LogP contribution in [0.3, 0.4) is 0 Å². The molecule has 94 valence electrons. The molecule has 17 heavy (non-hydrogen) atoms. The zero-order chi connectivity index (χ0) is 12.3. The average Bonchev–Trinajstić information content (AvgIpc) is 2.34. The van der Waals surface area contributed by atoms with Crippen LogP contribution in [0.5, 0.6) is 0 Å². The average molecular weight is 232 g/mol. The van der Waals surface area contributed by atoms with Crippen molar-refractivity contribution in [1.82, 2.24) is 0 Å². The van der Waals surface area contributed by atoms with Crippen LogP contribution in [-0.2, 0) is 0 Å². The third-order valence-electron chi connectivity index (χ3n) is 4.35. The molecule has 2 rings (SSSR count). The van der Waals surface area contributed by atoms with Crippen molar-refractivity contribution in [3.05, 3.63) is 30.3 Å². The van der Waals surface area contributed by atoms with E-state index in [4.69, 9.17) is 5.73 Å². The summed E-state index contributed by atoms with van der Waals surface area (Å²) in [5, 5.41) is 0. The van der Waals surface area contributed by atoms with Gasteiger partial charge in [-0.15, -0.1) is 0 Å². The summed E-state index contributed by atoms with van der Waals surface area (Å²) in [6, 6.07) is 10.6. The van der Waals surface area contributed by atoms with Gasteiger partial charge in [0.25, 0.3) is 0 Å². The van der Waals surface area contributed by atoms with Gasteiger partial charge in [-0.2, -0.15) is 0 Å². The van der Waals surface area contributed by atoms with Crippen molar-refractivity contribution in [2.75, 3.05) is 18.5 Å². The molecular formula is C15H24N2. The molecule has 1 aliphatic carbocycles. The van der Waals surface area contributed by atoms with E-state index in [0.717, 1.165) is 12.5 Å². The lowest BCUT2D eigenvalue weighted by Crippen LogP contribution is -2.51. The lowest BCUT2D eigenvalue weighted by atomic mass is 9.76. The maximum absolute atomic E-state index is 6.03. The Hall–Kier alpha value is -1.02. The Labute approximate surface area is 105 Å². The van der Waals surface area contributed by atoms with Gasteiger partial charge in [0.1, 0.15) is 0 Å². The van der Waals surface area contributed by atoms with Gasteiger partial charge in [-0.05, 0) is 31.4 Å². The van der Waals surface area contributed by atoms with Gasteiger partial charge in [0.15, 0.2) is 0 Å². The van der Waals surface area contributed by atoms with Gasteiger partial charge in [0, 0.05) is 24.8 Å². The molecule has 2 nitrogen and oxygen atoms in total. The van der Waals surface area contributed by atoms with Gasteiger partial charge in [-0.25, -0.2) is 0 Å². The highest BCUT2D eigenvalue weighted by atomic mass is 15.2. The third-order valence-corrected chi connectivity index (χ3v) is 4.35. The smallest absolute Gasteiger partial charge is 0.0495 e. The minimum Gasteiger partial charge on any atom is -0.368 e. The number of nitrogens with two attached hydrogens (primary N) is 1. The highest BCUT2D eigenvalue weighted by Crippen LogP contribution is 2.36. The highest BCUT2D eigenvalue weighted by molar-refractivity contribution is 5.48. The molecule has 1 aromatic carbocycles. The van der Waals surface area contributed by atoms with Gasteiger partial charge < -0.3 is 10.6 Å². The fraction of sp³-hybridized carbons (Fsp3) is 0.600. The SMILES string of the molecule is CN(c1ccccc1)C(C)(CN)CC1CCC1. The number of hydrogen-bond acceptors (Lipinski definition) is 2. The maximum atomic E-state index is 6.03. The van der Waals surface area contributed by atoms with E-state index in [2.05, 4.69) is 49.2 Å². The van der Waals surface area contributed by atoms with Crippen LogP contribution in [-0.4, -0.2) is 19.1 Å². The first kappa shape index (κ1) is 12.4. The fourth-order valence-electron chi connectivity index (χ4n) is 2.64. The van der Waals surface area contributed by atoms with Crippen LogP contribution >= 0.6 is 0 Å². The molecule has 0 amide bonds. The predicted molar refractivity (Wildman–Crippen MR) is 74.3 cm³/mol. The molecule has 1 unspecified atom stereocenters. The molecule has 0 aromatic heterocycles. The second kappa shape index (κ2) is 5.09. The summed E-state index contributed by atoms with van der Waals surface area (Å²) in [5.41, 5.74) is 7.38. The van der Waals surface area contributed by atoms with Crippen LogP contribution in [0.1, 0.15) is 32.6 Å². The molecule has 0 spiro atoms. The van der Waals surface area contributed by atoms with Crippen LogP contribution in [0.2, 0.25) is 0 Å². The van der Waals surface area contributed by atoms with Crippen LogP contribution in [0.15, 0.2) is 30.3 Å². The molecule has 1 aliphatic rings. The predicted octanol–water partition coefficient (Wildman–Crippen LogP) is 3.03. The molecule has 1 atom stereocenters. The molecule has 1 saturated carbocycles. The molecule has 2 heteroatoms. The van der Waals surface area contributed by atoms with Crippen molar-refractivity contribution in [3.63, 3.8) is 0 Å². The molecular weight excluding hydrogens is 208 g/mol. The van der Waals surface area contributed by atoms with Crippen molar-refractivity contribution in [3.8, 4) is 0 Å². The Morgan fingerprint density at radius 2 is 1.94 bits per heavy atom. The van der Waals surface area contributed by atoms with Gasteiger partial charge in [0.05, 0.1) is 0 Å². The largest absolute Gasteiger partial charge is 0.368 e. The van der Waals surface area contributed by atoms with Crippen LogP contribution < -0.4 is 10.6 Å². The number of benzene rings is 1. The Morgan fingerprint density at radius 3 is 2.41 bits per heavy atom. The van der Waals surface area contributed by atoms with Crippen molar-refractivity contribution in [2.24, 2.45) is 11.7 Å². The number of nitrogens with zero attached hydrogens (tertiary/aromatic N) is 1. The fourth-order valence-corrected chi connectivity index (χ4v) is 2.64. The summed E-state index contributed by atoms with van der Waals surface area (Å²) < 4.78 is 0. The summed E-state index contributed by atoms with van der Waals surface area (Å²) in [6.45, 7) is 3.01. The molecule has 1 fully saturated rings. The van der Waals surface area contributed by atoms with Crippen molar-refractivity contribution in [1.29, 1.82) is 0 Å². The lowest BCUT2D eigenvalue weighted by molar-refractivity contribution is 0.233. The number of anilines is 1. The number of hydrogen-bond donors (Lipinski definition) is 1. The van der Waals surface area contributed by atoms with Crippen molar-refractivity contribution < 1.29 is 0 Å². The molecule has 1 aromatic rings. The first-order valence-corrected chi connectivity index (χ1v) is 6.65. The summed E-state index contributed by atoms with van der Waals surface area (Å²) in [7, 11) is 2.17. The van der Waals surface area contributed by atoms with E-state index in [9.17, 15) is 0 Å². The van der Waals surface area contributed by atoms with Crippen LogP contribution in [0.25, 0.3) is 0 Å². The number of para-hydroxylation sites is 1. The second-order valence-electron chi connectivity index (χ2n) is 5.60. The number of rotatable bonds is 5. The van der Waals surface area contributed by atoms with E-state index in [-0.39, 0.29) is 5.54 Å². The minimum atomic E-state index is 0.0897. The van der Waals surface area contributed by atoms with Gasteiger partial charge in [0.2, 0.25) is 0 Å². The van der Waals surface area contributed by atoms with Crippen molar-refractivity contribution in [2.45, 2.75) is 38.1 Å². The molecule has 0 heterocycles. The van der Waals surface area contributed by atoms with Crippen LogP contribution in [0, 0.1) is 5.92 Å². The van der Waals surface area contributed by atoms with E-state index in [1.807, 2.05) is 0 Å². The Bertz CT molecular complexity index is 345. The van der Waals surface area contributed by atoms with Gasteiger partial charge in [-0.1, -0.05) is 37.5 Å². The van der Waals surface area contributed by atoms with E-state index in [1.165, 1.54) is 31.4 Å². The summed E-state index contributed by atoms with van der Waals surface area (Å²) in [4.78, 5) is 2.35. The van der Waals surface area contributed by atoms with E-state index in [0.29, 0.717) is 0 Å². The first-order chi connectivity index (χ1) is 8.15. The molecule has 0 bridgehead atoms. The zero-order valence-electron chi connectivity index (χ0n) is 11.0. The van der Waals surface area contributed by atoms with Gasteiger partial charge in [-0.3, -0.25) is 0 Å². The van der Waals surface area contributed by atoms with Gasteiger partial charge >= 0.3 is 0 Å². The normalized spacial score (nSPS) is 19.5. The maximum Gasteiger partial charge on any atom is 0.0495 e. The quantitative estimate of drug-likeness (QED) is 0.845. The summed E-state index contributed by atoms with van der Waals surface area (Å²) >= 11 is 0. The first-order valence-electron chi connectivity index (χ1n) is 6.65. The topological polar surface area (TPSA) is 29.3 Å². The molecule has 0 radical (unpaired) electrons. The monoisotopic (exact) mass is 232 g/mol. The third kappa shape index (κ3) is 2.63. The van der Waals surface area contributed by atoms with Crippen LogP contribution in [0.4, 0.5) is 5.69 Å². The minimum absolute atomic E-state index is 0.0897. The summed E-state index contributed by atoms with van der Waals surface area (Å²) in [6.07, 6.45) is 5.39. The van der Waals surface area contributed by atoms with E-state index < -0.39 is 0 Å². The molecule has 0 aliphatic heterocycles. The lowest BCUT2D eigenvalue weighted by Gasteiger charge is -2.44. The highest BCUT2D eigenvalue weighted by Gasteiger charge is 2.33. The van der Waals surface area contributed by atoms with E-state index in [1.54, 1.807) is 0 Å². The standard InChI is InChI=1S/C15H24N2/c1-15(12-16,11-13-7-6-8-13)17(2)14-9-4-3-5-10-14/h3-5,9-10,13H,6-8,11-12,16H2,1-2H3. The Morgan fingerprint density at radius 1 is 1.29 bits per heavy atom. The van der Waals surface area contributed by atoms with E-state index >= 15 is 0 Å². The Balaban J connectivity index is 2.10. The molecule has 0 saturated heterocycles. The second-order valence-corrected chi connectivity index (χ2v) is 5.60. The number of likely N-dealkylation sites (N-methyl/N-ethyl adjacent to an activating group) is 1. The zero-order valence-corrected chi connectivity index (χ0v) is 11.0. The van der Waals surface area contributed by atoms with Crippen molar-refractivity contribution >= 4 is 5.69 Å². The molecule has 2 N–H and O–H groups in total.